The number of rotatable bonds is 2. The fraction of sp³-hybridized carbons (Fsp3) is 0.200. The molecule has 0 aliphatic carbocycles. The zero-order valence-electron chi connectivity index (χ0n) is 7.90. The van der Waals surface area contributed by atoms with Gasteiger partial charge in [0.05, 0.1) is 12.0 Å². The molecule has 0 radical (unpaired) electrons. The summed E-state index contributed by atoms with van der Waals surface area (Å²) in [7, 11) is 0. The predicted molar refractivity (Wildman–Crippen MR) is 52.4 cm³/mol. The molecule has 0 saturated heterocycles. The molecule has 0 spiro atoms. The Morgan fingerprint density at radius 3 is 2.93 bits per heavy atom. The fourth-order valence-corrected chi connectivity index (χ4v) is 1.25. The molecule has 0 atom stereocenters. The van der Waals surface area contributed by atoms with E-state index >= 15 is 0 Å². The maximum Gasteiger partial charge on any atom is 0.196 e. The molecule has 0 unspecified atom stereocenters. The SMILES string of the molecule is Cc1cc(CN)nc(-c2ccco2)n1. The lowest BCUT2D eigenvalue weighted by molar-refractivity contribution is 0.576. The highest BCUT2D eigenvalue weighted by Gasteiger charge is 2.05. The molecular weight excluding hydrogens is 178 g/mol. The number of aryl methyl sites for hydroxylation is 1. The summed E-state index contributed by atoms with van der Waals surface area (Å²) < 4.78 is 5.21. The first-order valence-electron chi connectivity index (χ1n) is 4.38. The molecule has 4 heteroatoms. The van der Waals surface area contributed by atoms with Crippen LogP contribution in [0.3, 0.4) is 0 Å². The molecule has 0 aliphatic rings. The quantitative estimate of drug-likeness (QED) is 0.777. The summed E-state index contributed by atoms with van der Waals surface area (Å²) in [5, 5.41) is 0. The molecule has 4 nitrogen and oxygen atoms in total. The summed E-state index contributed by atoms with van der Waals surface area (Å²) in [5.74, 6) is 1.26. The molecule has 0 saturated carbocycles. The van der Waals surface area contributed by atoms with Gasteiger partial charge in [0.25, 0.3) is 0 Å². The van der Waals surface area contributed by atoms with E-state index in [-0.39, 0.29) is 0 Å². The number of nitrogens with zero attached hydrogens (tertiary/aromatic N) is 2. The van der Waals surface area contributed by atoms with E-state index in [0.717, 1.165) is 11.4 Å². The third kappa shape index (κ3) is 1.65. The van der Waals surface area contributed by atoms with Crippen molar-refractivity contribution >= 4 is 0 Å². The van der Waals surface area contributed by atoms with E-state index in [4.69, 9.17) is 10.2 Å². The van der Waals surface area contributed by atoms with E-state index < -0.39 is 0 Å². The van der Waals surface area contributed by atoms with Crippen molar-refractivity contribution in [2.75, 3.05) is 0 Å². The molecule has 2 aromatic heterocycles. The van der Waals surface area contributed by atoms with E-state index in [0.29, 0.717) is 18.1 Å². The second kappa shape index (κ2) is 3.59. The van der Waals surface area contributed by atoms with Gasteiger partial charge in [-0.15, -0.1) is 0 Å². The van der Waals surface area contributed by atoms with Crippen LogP contribution in [0, 0.1) is 6.92 Å². The maximum absolute atomic E-state index is 5.52. The highest BCUT2D eigenvalue weighted by Crippen LogP contribution is 2.15. The van der Waals surface area contributed by atoms with Gasteiger partial charge < -0.3 is 10.2 Å². The van der Waals surface area contributed by atoms with E-state index in [9.17, 15) is 0 Å². The van der Waals surface area contributed by atoms with Crippen LogP contribution in [-0.2, 0) is 6.54 Å². The predicted octanol–water partition coefficient (Wildman–Crippen LogP) is 1.50. The van der Waals surface area contributed by atoms with Crippen LogP contribution in [0.5, 0.6) is 0 Å². The van der Waals surface area contributed by atoms with Gasteiger partial charge in [0.2, 0.25) is 0 Å². The van der Waals surface area contributed by atoms with Gasteiger partial charge >= 0.3 is 0 Å². The molecule has 0 amide bonds. The highest BCUT2D eigenvalue weighted by molar-refractivity contribution is 5.46. The van der Waals surface area contributed by atoms with Crippen molar-refractivity contribution in [3.05, 3.63) is 35.9 Å². The van der Waals surface area contributed by atoms with Crippen molar-refractivity contribution in [3.63, 3.8) is 0 Å². The van der Waals surface area contributed by atoms with Gasteiger partial charge in [-0.1, -0.05) is 0 Å². The summed E-state index contributed by atoms with van der Waals surface area (Å²) in [6, 6.07) is 5.50. The van der Waals surface area contributed by atoms with Crippen LogP contribution in [0.25, 0.3) is 11.6 Å². The summed E-state index contributed by atoms with van der Waals surface area (Å²) in [4.78, 5) is 8.53. The molecule has 2 aromatic rings. The number of hydrogen-bond donors (Lipinski definition) is 1. The van der Waals surface area contributed by atoms with Gasteiger partial charge in [0.15, 0.2) is 11.6 Å². The molecule has 2 heterocycles. The van der Waals surface area contributed by atoms with Gasteiger partial charge in [-0.05, 0) is 25.1 Å². The molecule has 0 aromatic carbocycles. The first-order valence-corrected chi connectivity index (χ1v) is 4.38. The Morgan fingerprint density at radius 1 is 1.43 bits per heavy atom. The fourth-order valence-electron chi connectivity index (χ4n) is 1.25. The second-order valence-electron chi connectivity index (χ2n) is 3.01. The first-order chi connectivity index (χ1) is 6.79. The van der Waals surface area contributed by atoms with Gasteiger partial charge in [-0.25, -0.2) is 9.97 Å². The molecule has 2 rings (SSSR count). The van der Waals surface area contributed by atoms with Crippen LogP contribution in [-0.4, -0.2) is 9.97 Å². The van der Waals surface area contributed by atoms with Crippen LogP contribution in [0.15, 0.2) is 28.9 Å². The number of furan rings is 1. The van der Waals surface area contributed by atoms with Crippen LogP contribution in [0.4, 0.5) is 0 Å². The molecular formula is C10H11N3O. The number of hydrogen-bond acceptors (Lipinski definition) is 4. The molecule has 72 valence electrons. The van der Waals surface area contributed by atoms with E-state index in [1.165, 1.54) is 0 Å². The van der Waals surface area contributed by atoms with Crippen molar-refractivity contribution in [2.45, 2.75) is 13.5 Å². The molecule has 14 heavy (non-hydrogen) atoms. The van der Waals surface area contributed by atoms with Gasteiger partial charge in [-0.2, -0.15) is 0 Å². The largest absolute Gasteiger partial charge is 0.461 e. The monoisotopic (exact) mass is 189 g/mol. The topological polar surface area (TPSA) is 64.9 Å². The zero-order chi connectivity index (χ0) is 9.97. The Balaban J connectivity index is 2.48. The third-order valence-corrected chi connectivity index (χ3v) is 1.86. The van der Waals surface area contributed by atoms with Crippen molar-refractivity contribution in [3.8, 4) is 11.6 Å². The molecule has 0 bridgehead atoms. The summed E-state index contributed by atoms with van der Waals surface area (Å²) in [6.07, 6.45) is 1.60. The number of aromatic nitrogens is 2. The van der Waals surface area contributed by atoms with Crippen LogP contribution < -0.4 is 5.73 Å². The van der Waals surface area contributed by atoms with Crippen LogP contribution in [0.1, 0.15) is 11.4 Å². The highest BCUT2D eigenvalue weighted by atomic mass is 16.3. The minimum Gasteiger partial charge on any atom is -0.461 e. The second-order valence-corrected chi connectivity index (χ2v) is 3.01. The maximum atomic E-state index is 5.52. The van der Waals surface area contributed by atoms with E-state index in [1.54, 1.807) is 6.26 Å². The van der Waals surface area contributed by atoms with Gasteiger partial charge in [0.1, 0.15) is 0 Å². The van der Waals surface area contributed by atoms with Gasteiger partial charge in [0, 0.05) is 12.2 Å². The molecule has 0 fully saturated rings. The normalized spacial score (nSPS) is 10.4. The first kappa shape index (κ1) is 8.90. The smallest absolute Gasteiger partial charge is 0.196 e. The Hall–Kier alpha value is -1.68. The summed E-state index contributed by atoms with van der Waals surface area (Å²) in [6.45, 7) is 2.32. The Kier molecular flexibility index (Phi) is 2.28. The lowest BCUT2D eigenvalue weighted by atomic mass is 10.3. The van der Waals surface area contributed by atoms with E-state index in [1.807, 2.05) is 25.1 Å². The minimum atomic E-state index is 0.414. The zero-order valence-corrected chi connectivity index (χ0v) is 7.90. The third-order valence-electron chi connectivity index (χ3n) is 1.86. The summed E-state index contributed by atoms with van der Waals surface area (Å²) in [5.41, 5.74) is 7.24. The molecule has 2 N–H and O–H groups in total. The standard InChI is InChI=1S/C10H11N3O/c1-7-5-8(6-11)13-10(12-7)9-3-2-4-14-9/h2-5H,6,11H2,1H3. The Bertz CT molecular complexity index is 423. The average molecular weight is 189 g/mol. The van der Waals surface area contributed by atoms with Gasteiger partial charge in [-0.3, -0.25) is 0 Å². The van der Waals surface area contributed by atoms with E-state index in [2.05, 4.69) is 9.97 Å². The number of nitrogens with two attached hydrogens (primary N) is 1. The van der Waals surface area contributed by atoms with Crippen molar-refractivity contribution in [1.29, 1.82) is 0 Å². The Morgan fingerprint density at radius 2 is 2.29 bits per heavy atom. The van der Waals surface area contributed by atoms with Crippen molar-refractivity contribution in [1.82, 2.24) is 9.97 Å². The van der Waals surface area contributed by atoms with Crippen LogP contribution in [0.2, 0.25) is 0 Å². The Labute approximate surface area is 81.8 Å². The average Bonchev–Trinajstić information content (AvgIpc) is 2.69. The van der Waals surface area contributed by atoms with Crippen molar-refractivity contribution < 1.29 is 4.42 Å². The minimum absolute atomic E-state index is 0.414. The lowest BCUT2D eigenvalue weighted by Crippen LogP contribution is -2.03. The van der Waals surface area contributed by atoms with Crippen LogP contribution >= 0.6 is 0 Å². The lowest BCUT2D eigenvalue weighted by Gasteiger charge is -2.01. The summed E-state index contributed by atoms with van der Waals surface area (Å²) >= 11 is 0. The molecule has 0 aliphatic heterocycles. The van der Waals surface area contributed by atoms with Crippen molar-refractivity contribution in [2.24, 2.45) is 5.73 Å².